The van der Waals surface area contributed by atoms with Gasteiger partial charge in [0.25, 0.3) is 5.91 Å². The van der Waals surface area contributed by atoms with Gasteiger partial charge in [-0.2, -0.15) is 5.10 Å². The zero-order valence-electron chi connectivity index (χ0n) is 10.7. The second-order valence-electron chi connectivity index (χ2n) is 4.24. The molecule has 102 valence electrons. The van der Waals surface area contributed by atoms with Crippen molar-refractivity contribution >= 4 is 49.1 Å². The number of carbonyl (C=O) groups is 1. The van der Waals surface area contributed by atoms with Crippen LogP contribution < -0.4 is 5.32 Å². The molecule has 7 heteroatoms. The predicted octanol–water partition coefficient (Wildman–Crippen LogP) is 3.81. The van der Waals surface area contributed by atoms with Crippen molar-refractivity contribution in [3.8, 4) is 0 Å². The van der Waals surface area contributed by atoms with E-state index in [4.69, 9.17) is 0 Å². The van der Waals surface area contributed by atoms with Crippen molar-refractivity contribution in [2.75, 3.05) is 0 Å². The highest BCUT2D eigenvalue weighted by atomic mass is 79.9. The summed E-state index contributed by atoms with van der Waals surface area (Å²) in [4.78, 5) is 12.2. The quantitative estimate of drug-likeness (QED) is 0.842. The SMILES string of the molecule is Cc1c(C(C)NC(=O)c2cc(Br)sc2Br)cnn1C. The van der Waals surface area contributed by atoms with Crippen LogP contribution in [-0.4, -0.2) is 15.7 Å². The van der Waals surface area contributed by atoms with Gasteiger partial charge in [-0.1, -0.05) is 0 Å². The van der Waals surface area contributed by atoms with E-state index < -0.39 is 0 Å². The molecule has 0 spiro atoms. The highest BCUT2D eigenvalue weighted by Crippen LogP contribution is 2.32. The van der Waals surface area contributed by atoms with Crippen molar-refractivity contribution in [2.45, 2.75) is 19.9 Å². The summed E-state index contributed by atoms with van der Waals surface area (Å²) in [5.74, 6) is -0.0930. The Hall–Kier alpha value is -0.660. The predicted molar refractivity (Wildman–Crippen MR) is 83.5 cm³/mol. The molecular formula is C12H13Br2N3OS. The molecule has 0 radical (unpaired) electrons. The van der Waals surface area contributed by atoms with E-state index in [0.717, 1.165) is 18.8 Å². The molecule has 2 rings (SSSR count). The van der Waals surface area contributed by atoms with E-state index in [1.165, 1.54) is 11.3 Å². The summed E-state index contributed by atoms with van der Waals surface area (Å²) >= 11 is 8.25. The van der Waals surface area contributed by atoms with Crippen LogP contribution in [-0.2, 0) is 7.05 Å². The number of amides is 1. The number of nitrogens with one attached hydrogen (secondary N) is 1. The van der Waals surface area contributed by atoms with E-state index in [2.05, 4.69) is 42.3 Å². The Balaban J connectivity index is 2.15. The number of carbonyl (C=O) groups excluding carboxylic acids is 1. The van der Waals surface area contributed by atoms with Gasteiger partial charge in [0.15, 0.2) is 0 Å². The molecule has 0 fully saturated rings. The summed E-state index contributed by atoms with van der Waals surface area (Å²) in [5.41, 5.74) is 2.73. The molecule has 0 aliphatic heterocycles. The number of thiophene rings is 1. The maximum absolute atomic E-state index is 12.2. The number of hydrogen-bond donors (Lipinski definition) is 1. The molecule has 0 aliphatic rings. The van der Waals surface area contributed by atoms with Crippen LogP contribution in [0.25, 0.3) is 0 Å². The van der Waals surface area contributed by atoms with Crippen molar-refractivity contribution < 1.29 is 4.79 Å². The fourth-order valence-corrected chi connectivity index (χ4v) is 4.58. The Bertz CT molecular complexity index is 621. The zero-order chi connectivity index (χ0) is 14.2. The van der Waals surface area contributed by atoms with E-state index in [9.17, 15) is 4.79 Å². The van der Waals surface area contributed by atoms with Gasteiger partial charge in [0, 0.05) is 18.3 Å². The molecular weight excluding hydrogens is 394 g/mol. The molecule has 1 amide bonds. The molecule has 0 saturated heterocycles. The van der Waals surface area contributed by atoms with E-state index in [0.29, 0.717) is 5.56 Å². The third-order valence-electron chi connectivity index (χ3n) is 2.99. The van der Waals surface area contributed by atoms with Gasteiger partial charge in [-0.15, -0.1) is 11.3 Å². The Kier molecular flexibility index (Phi) is 4.47. The lowest BCUT2D eigenvalue weighted by Crippen LogP contribution is -2.26. The molecule has 1 unspecified atom stereocenters. The molecule has 0 saturated carbocycles. The Morgan fingerprint density at radius 1 is 1.53 bits per heavy atom. The first-order valence-corrected chi connectivity index (χ1v) is 8.04. The van der Waals surface area contributed by atoms with Crippen molar-refractivity contribution in [2.24, 2.45) is 7.05 Å². The highest BCUT2D eigenvalue weighted by Gasteiger charge is 2.18. The fourth-order valence-electron chi connectivity index (χ4n) is 1.79. The number of rotatable bonds is 3. The third kappa shape index (κ3) is 3.09. The monoisotopic (exact) mass is 405 g/mol. The van der Waals surface area contributed by atoms with Crippen LogP contribution in [0.15, 0.2) is 19.8 Å². The van der Waals surface area contributed by atoms with Gasteiger partial charge >= 0.3 is 0 Å². The van der Waals surface area contributed by atoms with E-state index in [-0.39, 0.29) is 11.9 Å². The van der Waals surface area contributed by atoms with Crippen LogP contribution in [0.1, 0.15) is 34.6 Å². The molecule has 2 aromatic heterocycles. The molecule has 1 atom stereocenters. The third-order valence-corrected chi connectivity index (χ3v) is 5.33. The lowest BCUT2D eigenvalue weighted by atomic mass is 10.1. The maximum Gasteiger partial charge on any atom is 0.253 e. The van der Waals surface area contributed by atoms with Gasteiger partial charge in [0.2, 0.25) is 0 Å². The Labute approximate surface area is 132 Å². The molecule has 0 aromatic carbocycles. The standard InChI is InChI=1S/C12H13Br2N3OS/c1-6(9-5-15-17(3)7(9)2)16-12(18)8-4-10(13)19-11(8)14/h4-6H,1-3H3,(H,16,18). The average molecular weight is 407 g/mol. The topological polar surface area (TPSA) is 46.9 Å². The lowest BCUT2D eigenvalue weighted by Gasteiger charge is -2.13. The van der Waals surface area contributed by atoms with E-state index in [1.807, 2.05) is 27.0 Å². The summed E-state index contributed by atoms with van der Waals surface area (Å²) in [6.45, 7) is 3.94. The summed E-state index contributed by atoms with van der Waals surface area (Å²) in [6, 6.07) is 1.74. The minimum atomic E-state index is -0.0930. The first-order valence-electron chi connectivity index (χ1n) is 5.64. The number of hydrogen-bond acceptors (Lipinski definition) is 3. The minimum absolute atomic E-state index is 0.0771. The number of aromatic nitrogens is 2. The molecule has 0 aliphatic carbocycles. The summed E-state index contributed by atoms with van der Waals surface area (Å²) in [7, 11) is 1.89. The van der Waals surface area contributed by atoms with Gasteiger partial charge in [-0.05, 0) is 51.8 Å². The highest BCUT2D eigenvalue weighted by molar-refractivity contribution is 9.12. The first kappa shape index (κ1) is 14.7. The van der Waals surface area contributed by atoms with Crippen molar-refractivity contribution in [3.05, 3.63) is 36.7 Å². The van der Waals surface area contributed by atoms with Crippen molar-refractivity contribution in [1.29, 1.82) is 0 Å². The van der Waals surface area contributed by atoms with Crippen LogP contribution in [0, 0.1) is 6.92 Å². The van der Waals surface area contributed by atoms with Gasteiger partial charge in [0.1, 0.15) is 0 Å². The van der Waals surface area contributed by atoms with Gasteiger partial charge < -0.3 is 5.32 Å². The van der Waals surface area contributed by atoms with Crippen LogP contribution in [0.3, 0.4) is 0 Å². The van der Waals surface area contributed by atoms with Crippen molar-refractivity contribution in [3.63, 3.8) is 0 Å². The molecule has 2 heterocycles. The molecule has 2 aromatic rings. The summed E-state index contributed by atoms with van der Waals surface area (Å²) < 4.78 is 3.55. The second kappa shape index (κ2) is 5.76. The number of aryl methyl sites for hydroxylation is 1. The second-order valence-corrected chi connectivity index (χ2v) is 7.99. The lowest BCUT2D eigenvalue weighted by molar-refractivity contribution is 0.0939. The van der Waals surface area contributed by atoms with E-state index >= 15 is 0 Å². The molecule has 19 heavy (non-hydrogen) atoms. The molecule has 4 nitrogen and oxygen atoms in total. The largest absolute Gasteiger partial charge is 0.345 e. The Morgan fingerprint density at radius 3 is 2.68 bits per heavy atom. The van der Waals surface area contributed by atoms with Crippen LogP contribution in [0.4, 0.5) is 0 Å². The first-order chi connectivity index (χ1) is 8.90. The summed E-state index contributed by atoms with van der Waals surface area (Å²) in [5, 5.41) is 7.17. The minimum Gasteiger partial charge on any atom is -0.345 e. The van der Waals surface area contributed by atoms with Gasteiger partial charge in [-0.25, -0.2) is 0 Å². The van der Waals surface area contributed by atoms with Crippen molar-refractivity contribution in [1.82, 2.24) is 15.1 Å². The Morgan fingerprint density at radius 2 is 2.21 bits per heavy atom. The molecule has 1 N–H and O–H groups in total. The maximum atomic E-state index is 12.2. The summed E-state index contributed by atoms with van der Waals surface area (Å²) in [6.07, 6.45) is 1.79. The fraction of sp³-hybridized carbons (Fsp3) is 0.333. The van der Waals surface area contributed by atoms with Crippen LogP contribution in [0.5, 0.6) is 0 Å². The van der Waals surface area contributed by atoms with Gasteiger partial charge in [-0.3, -0.25) is 9.48 Å². The van der Waals surface area contributed by atoms with E-state index in [1.54, 1.807) is 10.9 Å². The molecule has 0 bridgehead atoms. The van der Waals surface area contributed by atoms with Crippen LogP contribution >= 0.6 is 43.2 Å². The van der Waals surface area contributed by atoms with Gasteiger partial charge in [0.05, 0.1) is 25.4 Å². The smallest absolute Gasteiger partial charge is 0.253 e. The zero-order valence-corrected chi connectivity index (χ0v) is 14.7. The van der Waals surface area contributed by atoms with Crippen LogP contribution in [0.2, 0.25) is 0 Å². The number of nitrogens with zero attached hydrogens (tertiary/aromatic N) is 2. The average Bonchev–Trinajstić information content (AvgIpc) is 2.83. The number of halogens is 2. The normalized spacial score (nSPS) is 12.5.